The molecule has 17 heavy (non-hydrogen) atoms. The third kappa shape index (κ3) is 2.14. The minimum absolute atomic E-state index is 0.0381. The van der Waals surface area contributed by atoms with E-state index in [-0.39, 0.29) is 11.0 Å². The van der Waals surface area contributed by atoms with E-state index in [9.17, 15) is 8.78 Å². The van der Waals surface area contributed by atoms with E-state index in [0.717, 1.165) is 10.9 Å². The maximum absolute atomic E-state index is 13.0. The molecule has 2 rings (SSSR count). The second kappa shape index (κ2) is 4.06. The predicted octanol–water partition coefficient (Wildman–Crippen LogP) is 4.47. The maximum Gasteiger partial charge on any atom is 0.265 e. The fourth-order valence-electron chi connectivity index (χ4n) is 2.16. The van der Waals surface area contributed by atoms with Crippen molar-refractivity contribution in [3.8, 4) is 0 Å². The highest BCUT2D eigenvalue weighted by molar-refractivity contribution is 5.84. The van der Waals surface area contributed by atoms with Crippen LogP contribution in [0.5, 0.6) is 0 Å². The van der Waals surface area contributed by atoms with Crippen LogP contribution in [-0.4, -0.2) is 4.98 Å². The first kappa shape index (κ1) is 12.0. The molecule has 0 unspecified atom stereocenters. The molecule has 0 aliphatic heterocycles. The first-order chi connectivity index (χ1) is 7.91. The lowest BCUT2D eigenvalue weighted by Gasteiger charge is -2.24. The van der Waals surface area contributed by atoms with Gasteiger partial charge in [0.1, 0.15) is 0 Å². The topological polar surface area (TPSA) is 12.9 Å². The molecule has 0 bridgehead atoms. The number of aromatic nitrogens is 1. The van der Waals surface area contributed by atoms with Crippen molar-refractivity contribution in [3.05, 3.63) is 41.6 Å². The Kier molecular flexibility index (Phi) is 2.86. The van der Waals surface area contributed by atoms with Gasteiger partial charge in [0.15, 0.2) is 0 Å². The van der Waals surface area contributed by atoms with Gasteiger partial charge in [-0.1, -0.05) is 39.0 Å². The molecule has 0 amide bonds. The number of halogens is 2. The Bertz CT molecular complexity index is 541. The van der Waals surface area contributed by atoms with Crippen molar-refractivity contribution < 1.29 is 8.78 Å². The Morgan fingerprint density at radius 2 is 1.76 bits per heavy atom. The number of nitrogens with zero attached hydrogens (tertiary/aromatic N) is 1. The van der Waals surface area contributed by atoms with Crippen LogP contribution in [0, 0.1) is 0 Å². The molecule has 3 heteroatoms. The number of rotatable bonds is 1. The summed E-state index contributed by atoms with van der Waals surface area (Å²) in [5, 5.41) is 0.817. The molecule has 1 aromatic carbocycles. The second-order valence-electron chi connectivity index (χ2n) is 5.16. The average molecular weight is 235 g/mol. The van der Waals surface area contributed by atoms with Crippen LogP contribution in [0.15, 0.2) is 30.5 Å². The number of hydrogen-bond acceptors (Lipinski definition) is 1. The summed E-state index contributed by atoms with van der Waals surface area (Å²) >= 11 is 0. The van der Waals surface area contributed by atoms with Crippen LogP contribution in [0.4, 0.5) is 8.78 Å². The van der Waals surface area contributed by atoms with Gasteiger partial charge >= 0.3 is 0 Å². The molecule has 1 aromatic heterocycles. The van der Waals surface area contributed by atoms with E-state index in [1.807, 2.05) is 45.0 Å². The van der Waals surface area contributed by atoms with Crippen LogP contribution in [0.1, 0.15) is 38.3 Å². The van der Waals surface area contributed by atoms with Gasteiger partial charge in [-0.3, -0.25) is 4.98 Å². The first-order valence-corrected chi connectivity index (χ1v) is 5.57. The molecule has 0 saturated carbocycles. The number of para-hydroxylation sites is 1. The molecule has 0 spiro atoms. The first-order valence-electron chi connectivity index (χ1n) is 5.57. The third-order valence-electron chi connectivity index (χ3n) is 2.79. The fourth-order valence-corrected chi connectivity index (χ4v) is 2.16. The molecular weight excluding hydrogens is 220 g/mol. The van der Waals surface area contributed by atoms with Crippen LogP contribution in [-0.2, 0) is 5.41 Å². The molecule has 0 saturated heterocycles. The van der Waals surface area contributed by atoms with Gasteiger partial charge in [0, 0.05) is 17.1 Å². The zero-order valence-corrected chi connectivity index (χ0v) is 10.2. The maximum atomic E-state index is 13.0. The van der Waals surface area contributed by atoms with Crippen molar-refractivity contribution in [1.82, 2.24) is 4.98 Å². The summed E-state index contributed by atoms with van der Waals surface area (Å²) in [7, 11) is 0. The molecule has 90 valence electrons. The monoisotopic (exact) mass is 235 g/mol. The van der Waals surface area contributed by atoms with E-state index in [0.29, 0.717) is 5.56 Å². The number of pyridine rings is 1. The van der Waals surface area contributed by atoms with Crippen LogP contribution in [0.3, 0.4) is 0 Å². The predicted molar refractivity (Wildman–Crippen MR) is 65.4 cm³/mol. The number of benzene rings is 1. The summed E-state index contributed by atoms with van der Waals surface area (Å²) in [5.74, 6) is 0. The van der Waals surface area contributed by atoms with Crippen LogP contribution in [0.25, 0.3) is 10.9 Å². The fraction of sp³-hybridized carbons (Fsp3) is 0.357. The minimum Gasteiger partial charge on any atom is -0.256 e. The molecule has 2 aromatic rings. The Morgan fingerprint density at radius 1 is 1.12 bits per heavy atom. The van der Waals surface area contributed by atoms with Gasteiger partial charge in [-0.15, -0.1) is 0 Å². The lowest BCUT2D eigenvalue weighted by atomic mass is 9.82. The summed E-state index contributed by atoms with van der Waals surface area (Å²) in [5.41, 5.74) is 1.17. The van der Waals surface area contributed by atoms with E-state index >= 15 is 0 Å². The summed E-state index contributed by atoms with van der Waals surface area (Å²) in [6, 6.07) is 7.42. The summed E-state index contributed by atoms with van der Waals surface area (Å²) < 4.78 is 26.1. The van der Waals surface area contributed by atoms with Crippen molar-refractivity contribution in [1.29, 1.82) is 0 Å². The number of fused-ring (bicyclic) bond motifs is 1. The van der Waals surface area contributed by atoms with Crippen LogP contribution < -0.4 is 0 Å². The standard InChI is InChI=1S/C14H15F2N/c1-14(2,3)12-9-6-4-5-7-11(9)17-8-10(12)13(15)16/h4-8,13H,1-3H3. The second-order valence-corrected chi connectivity index (χ2v) is 5.16. The lowest BCUT2D eigenvalue weighted by Crippen LogP contribution is -2.15. The van der Waals surface area contributed by atoms with E-state index in [2.05, 4.69) is 4.98 Å². The molecule has 0 aliphatic rings. The number of hydrogen-bond donors (Lipinski definition) is 0. The van der Waals surface area contributed by atoms with Crippen molar-refractivity contribution in [2.75, 3.05) is 0 Å². The molecule has 0 atom stereocenters. The lowest BCUT2D eigenvalue weighted by molar-refractivity contribution is 0.148. The summed E-state index contributed by atoms with van der Waals surface area (Å²) in [6.45, 7) is 5.84. The van der Waals surface area contributed by atoms with E-state index in [1.165, 1.54) is 6.20 Å². The van der Waals surface area contributed by atoms with Gasteiger partial charge in [-0.25, -0.2) is 8.78 Å². The molecule has 0 radical (unpaired) electrons. The summed E-state index contributed by atoms with van der Waals surface area (Å²) in [6.07, 6.45) is -1.19. The zero-order valence-electron chi connectivity index (χ0n) is 10.2. The van der Waals surface area contributed by atoms with Gasteiger partial charge in [-0.05, 0) is 17.0 Å². The molecule has 1 nitrogen and oxygen atoms in total. The van der Waals surface area contributed by atoms with E-state index in [1.54, 1.807) is 0 Å². The normalized spacial score (nSPS) is 12.4. The Balaban J connectivity index is 2.85. The van der Waals surface area contributed by atoms with E-state index in [4.69, 9.17) is 0 Å². The van der Waals surface area contributed by atoms with Crippen LogP contribution in [0.2, 0.25) is 0 Å². The van der Waals surface area contributed by atoms with Crippen molar-refractivity contribution >= 4 is 10.9 Å². The van der Waals surface area contributed by atoms with Gasteiger partial charge in [0.25, 0.3) is 6.43 Å². The van der Waals surface area contributed by atoms with Gasteiger partial charge in [0.05, 0.1) is 5.52 Å². The molecule has 0 aliphatic carbocycles. The smallest absolute Gasteiger partial charge is 0.256 e. The quantitative estimate of drug-likeness (QED) is 0.710. The van der Waals surface area contributed by atoms with Crippen LogP contribution >= 0.6 is 0 Å². The number of alkyl halides is 2. The molecule has 1 heterocycles. The highest BCUT2D eigenvalue weighted by Gasteiger charge is 2.25. The van der Waals surface area contributed by atoms with Crippen molar-refractivity contribution in [2.45, 2.75) is 32.6 Å². The van der Waals surface area contributed by atoms with E-state index < -0.39 is 6.43 Å². The Labute approximate surface area is 99.5 Å². The SMILES string of the molecule is CC(C)(C)c1c(C(F)F)cnc2ccccc12. The minimum atomic E-state index is -2.48. The van der Waals surface area contributed by atoms with Crippen molar-refractivity contribution in [2.24, 2.45) is 0 Å². The molecular formula is C14H15F2N. The van der Waals surface area contributed by atoms with Gasteiger partial charge < -0.3 is 0 Å². The molecule has 0 fully saturated rings. The van der Waals surface area contributed by atoms with Crippen molar-refractivity contribution in [3.63, 3.8) is 0 Å². The Hall–Kier alpha value is -1.51. The van der Waals surface area contributed by atoms with Gasteiger partial charge in [-0.2, -0.15) is 0 Å². The highest BCUT2D eigenvalue weighted by Crippen LogP contribution is 2.36. The zero-order chi connectivity index (χ0) is 12.6. The third-order valence-corrected chi connectivity index (χ3v) is 2.79. The highest BCUT2D eigenvalue weighted by atomic mass is 19.3. The average Bonchev–Trinajstić information content (AvgIpc) is 2.26. The summed E-state index contributed by atoms with van der Waals surface area (Å²) in [4.78, 5) is 4.10. The molecule has 0 N–H and O–H groups in total. The van der Waals surface area contributed by atoms with Gasteiger partial charge in [0.2, 0.25) is 0 Å². The Morgan fingerprint density at radius 3 is 2.35 bits per heavy atom. The largest absolute Gasteiger partial charge is 0.265 e.